The summed E-state index contributed by atoms with van der Waals surface area (Å²) >= 11 is 0. The monoisotopic (exact) mass is 296 g/mol. The van der Waals surface area contributed by atoms with E-state index in [0.717, 1.165) is 19.3 Å². The summed E-state index contributed by atoms with van der Waals surface area (Å²) in [4.78, 5) is 24.7. The number of carbonyl (C=O) groups is 2. The van der Waals surface area contributed by atoms with E-state index in [2.05, 4.69) is 17.3 Å². The molecule has 1 aromatic rings. The third-order valence-corrected chi connectivity index (χ3v) is 3.32. The lowest BCUT2D eigenvalue weighted by atomic mass is 10.2. The Bertz CT molecular complexity index is 473. The summed E-state index contributed by atoms with van der Waals surface area (Å²) in [7, 11) is 0. The van der Waals surface area contributed by atoms with Crippen molar-refractivity contribution in [2.24, 2.45) is 0 Å². The van der Waals surface area contributed by atoms with Crippen LogP contribution in [0.25, 0.3) is 0 Å². The summed E-state index contributed by atoms with van der Waals surface area (Å²) < 4.78 is 1.28. The second kappa shape index (κ2) is 8.28. The molecule has 7 heteroatoms. The molecule has 0 bridgehead atoms. The SMILES string of the molecule is CCCCN(C(=O)Nc1cnn(CC(=O)O)c1)C(C)CC. The van der Waals surface area contributed by atoms with E-state index in [9.17, 15) is 9.59 Å². The first-order chi connectivity index (χ1) is 9.97. The lowest BCUT2D eigenvalue weighted by Crippen LogP contribution is -2.41. The molecule has 1 aromatic heterocycles. The number of rotatable bonds is 8. The van der Waals surface area contributed by atoms with E-state index in [1.165, 1.54) is 17.1 Å². The number of carbonyl (C=O) groups excluding carboxylic acids is 1. The number of nitrogens with one attached hydrogen (secondary N) is 1. The van der Waals surface area contributed by atoms with Gasteiger partial charge in [0.25, 0.3) is 0 Å². The Morgan fingerprint density at radius 2 is 2.19 bits per heavy atom. The van der Waals surface area contributed by atoms with Crippen LogP contribution in [0.5, 0.6) is 0 Å². The fourth-order valence-electron chi connectivity index (χ4n) is 1.92. The van der Waals surface area contributed by atoms with Gasteiger partial charge in [-0.3, -0.25) is 9.48 Å². The summed E-state index contributed by atoms with van der Waals surface area (Å²) in [6.45, 7) is 6.63. The standard InChI is InChI=1S/C14H24N4O3/c1-4-6-7-18(11(3)5-2)14(21)16-12-8-15-17(9-12)10-13(19)20/h8-9,11H,4-7,10H2,1-3H3,(H,16,21)(H,19,20). The largest absolute Gasteiger partial charge is 0.480 e. The average Bonchev–Trinajstić information content (AvgIpc) is 2.85. The minimum Gasteiger partial charge on any atom is -0.480 e. The van der Waals surface area contributed by atoms with Crippen molar-refractivity contribution in [2.75, 3.05) is 11.9 Å². The summed E-state index contributed by atoms with van der Waals surface area (Å²) in [5, 5.41) is 15.4. The Hall–Kier alpha value is -2.05. The normalized spacial score (nSPS) is 12.0. The van der Waals surface area contributed by atoms with E-state index >= 15 is 0 Å². The van der Waals surface area contributed by atoms with Crippen LogP contribution in [-0.2, 0) is 11.3 Å². The number of hydrogen-bond donors (Lipinski definition) is 2. The number of nitrogens with zero attached hydrogens (tertiary/aromatic N) is 3. The molecule has 0 radical (unpaired) electrons. The van der Waals surface area contributed by atoms with Crippen LogP contribution in [0.1, 0.15) is 40.0 Å². The van der Waals surface area contributed by atoms with Crippen molar-refractivity contribution in [1.82, 2.24) is 14.7 Å². The number of unbranched alkanes of at least 4 members (excludes halogenated alkanes) is 1. The number of aromatic nitrogens is 2. The van der Waals surface area contributed by atoms with Crippen LogP contribution in [0.15, 0.2) is 12.4 Å². The number of carboxylic acids is 1. The van der Waals surface area contributed by atoms with Crippen LogP contribution in [-0.4, -0.2) is 44.4 Å². The summed E-state index contributed by atoms with van der Waals surface area (Å²) in [6, 6.07) is -0.0155. The fourth-order valence-corrected chi connectivity index (χ4v) is 1.92. The van der Waals surface area contributed by atoms with Crippen molar-refractivity contribution in [3.63, 3.8) is 0 Å². The molecule has 118 valence electrons. The van der Waals surface area contributed by atoms with Gasteiger partial charge < -0.3 is 15.3 Å². The molecule has 0 saturated carbocycles. The van der Waals surface area contributed by atoms with Gasteiger partial charge in [0.2, 0.25) is 0 Å². The maximum absolute atomic E-state index is 12.3. The highest BCUT2D eigenvalue weighted by atomic mass is 16.4. The summed E-state index contributed by atoms with van der Waals surface area (Å²) in [5.74, 6) is -0.972. The minimum atomic E-state index is -0.972. The maximum Gasteiger partial charge on any atom is 0.325 e. The van der Waals surface area contributed by atoms with Gasteiger partial charge in [0.15, 0.2) is 0 Å². The number of aliphatic carboxylic acids is 1. The van der Waals surface area contributed by atoms with Gasteiger partial charge in [-0.05, 0) is 19.8 Å². The molecule has 0 aliphatic rings. The first-order valence-electron chi connectivity index (χ1n) is 7.29. The van der Waals surface area contributed by atoms with Gasteiger partial charge in [0.05, 0.1) is 11.9 Å². The first-order valence-corrected chi connectivity index (χ1v) is 7.29. The molecule has 1 rings (SSSR count). The molecule has 1 heterocycles. The highest BCUT2D eigenvalue weighted by Gasteiger charge is 2.18. The molecule has 0 aliphatic heterocycles. The topological polar surface area (TPSA) is 87.5 Å². The van der Waals surface area contributed by atoms with Crippen molar-refractivity contribution in [3.05, 3.63) is 12.4 Å². The van der Waals surface area contributed by atoms with E-state index < -0.39 is 5.97 Å². The molecule has 2 N–H and O–H groups in total. The van der Waals surface area contributed by atoms with Gasteiger partial charge in [0.1, 0.15) is 6.54 Å². The van der Waals surface area contributed by atoms with E-state index in [-0.39, 0.29) is 18.6 Å². The van der Waals surface area contributed by atoms with E-state index in [1.807, 2.05) is 13.8 Å². The molecule has 21 heavy (non-hydrogen) atoms. The van der Waals surface area contributed by atoms with Crippen molar-refractivity contribution in [1.29, 1.82) is 0 Å². The van der Waals surface area contributed by atoms with Gasteiger partial charge in [-0.1, -0.05) is 20.3 Å². The third-order valence-electron chi connectivity index (χ3n) is 3.32. The van der Waals surface area contributed by atoms with Crippen molar-refractivity contribution in [3.8, 4) is 0 Å². The molecule has 0 fully saturated rings. The zero-order valence-electron chi connectivity index (χ0n) is 12.9. The summed E-state index contributed by atoms with van der Waals surface area (Å²) in [5.41, 5.74) is 0.506. The first kappa shape index (κ1) is 17.0. The molecular formula is C14H24N4O3. The van der Waals surface area contributed by atoms with Crippen molar-refractivity contribution < 1.29 is 14.7 Å². The van der Waals surface area contributed by atoms with Crippen molar-refractivity contribution in [2.45, 2.75) is 52.6 Å². The van der Waals surface area contributed by atoms with E-state index in [1.54, 1.807) is 4.90 Å². The fraction of sp³-hybridized carbons (Fsp3) is 0.643. The zero-order chi connectivity index (χ0) is 15.8. The highest BCUT2D eigenvalue weighted by Crippen LogP contribution is 2.11. The lowest BCUT2D eigenvalue weighted by molar-refractivity contribution is -0.137. The molecule has 0 aromatic carbocycles. The van der Waals surface area contributed by atoms with Gasteiger partial charge in [-0.25, -0.2) is 4.79 Å². The quantitative estimate of drug-likeness (QED) is 0.771. The lowest BCUT2D eigenvalue weighted by Gasteiger charge is -2.28. The smallest absolute Gasteiger partial charge is 0.325 e. The molecular weight excluding hydrogens is 272 g/mol. The number of urea groups is 1. The van der Waals surface area contributed by atoms with E-state index in [4.69, 9.17) is 5.11 Å². The third kappa shape index (κ3) is 5.45. The zero-order valence-corrected chi connectivity index (χ0v) is 12.9. The average molecular weight is 296 g/mol. The van der Waals surface area contributed by atoms with Gasteiger partial charge >= 0.3 is 12.0 Å². The molecule has 2 amide bonds. The van der Waals surface area contributed by atoms with Crippen LogP contribution in [0.4, 0.5) is 10.5 Å². The van der Waals surface area contributed by atoms with Crippen LogP contribution >= 0.6 is 0 Å². The van der Waals surface area contributed by atoms with Crippen molar-refractivity contribution >= 4 is 17.7 Å². The van der Waals surface area contributed by atoms with Crippen LogP contribution in [0, 0.1) is 0 Å². The van der Waals surface area contributed by atoms with Crippen LogP contribution < -0.4 is 5.32 Å². The predicted molar refractivity (Wildman–Crippen MR) is 80.2 cm³/mol. The Labute approximate surface area is 124 Å². The number of hydrogen-bond acceptors (Lipinski definition) is 3. The van der Waals surface area contributed by atoms with Gasteiger partial charge in [-0.2, -0.15) is 5.10 Å². The Balaban J connectivity index is 2.67. The molecule has 0 spiro atoms. The predicted octanol–water partition coefficient (Wildman–Crippen LogP) is 2.40. The maximum atomic E-state index is 12.3. The summed E-state index contributed by atoms with van der Waals surface area (Å²) in [6.07, 6.45) is 5.83. The second-order valence-corrected chi connectivity index (χ2v) is 5.05. The van der Waals surface area contributed by atoms with Gasteiger partial charge in [-0.15, -0.1) is 0 Å². The van der Waals surface area contributed by atoms with E-state index in [0.29, 0.717) is 12.2 Å². The highest BCUT2D eigenvalue weighted by molar-refractivity contribution is 5.89. The molecule has 7 nitrogen and oxygen atoms in total. The Morgan fingerprint density at radius 3 is 2.76 bits per heavy atom. The number of carboxylic acid groups (broad SMARTS) is 1. The van der Waals surface area contributed by atoms with Crippen LogP contribution in [0.2, 0.25) is 0 Å². The molecule has 1 unspecified atom stereocenters. The number of anilines is 1. The molecule has 0 aliphatic carbocycles. The van der Waals surface area contributed by atoms with Crippen LogP contribution in [0.3, 0.4) is 0 Å². The van der Waals surface area contributed by atoms with Gasteiger partial charge in [0, 0.05) is 18.8 Å². The second-order valence-electron chi connectivity index (χ2n) is 5.05. The molecule has 0 saturated heterocycles. The Kier molecular flexibility index (Phi) is 6.71. The number of amides is 2. The molecule has 1 atom stereocenters. The minimum absolute atomic E-state index is 0.158. The Morgan fingerprint density at radius 1 is 1.48 bits per heavy atom.